The van der Waals surface area contributed by atoms with Crippen molar-refractivity contribution in [1.29, 1.82) is 0 Å². The molecular formula is C27H37NO3. The Morgan fingerprint density at radius 3 is 2.65 bits per heavy atom. The van der Waals surface area contributed by atoms with Crippen LogP contribution in [0.4, 0.5) is 0 Å². The van der Waals surface area contributed by atoms with Crippen LogP contribution < -0.4 is 0 Å². The van der Waals surface area contributed by atoms with Crippen LogP contribution in [0.1, 0.15) is 64.4 Å². The highest BCUT2D eigenvalue weighted by Crippen LogP contribution is 2.55. The van der Waals surface area contributed by atoms with Crippen molar-refractivity contribution in [3.05, 3.63) is 47.0 Å². The third-order valence-electron chi connectivity index (χ3n) is 8.80. The van der Waals surface area contributed by atoms with E-state index in [-0.39, 0.29) is 23.4 Å². The molecule has 4 aliphatic rings. The Morgan fingerprint density at radius 2 is 1.90 bits per heavy atom. The zero-order valence-electron chi connectivity index (χ0n) is 19.1. The molecule has 3 fully saturated rings. The molecule has 0 radical (unpaired) electrons. The molecule has 1 saturated carbocycles. The second kappa shape index (κ2) is 8.04. The molecule has 4 nitrogen and oxygen atoms in total. The number of hydrogen-bond acceptors (Lipinski definition) is 4. The lowest BCUT2D eigenvalue weighted by atomic mass is 9.59. The molecule has 0 spiro atoms. The number of hydrogen-bond donors (Lipinski definition) is 1. The molecule has 168 valence electrons. The highest BCUT2D eigenvalue weighted by atomic mass is 16.6. The number of rotatable bonds is 4. The monoisotopic (exact) mass is 423 g/mol. The summed E-state index contributed by atoms with van der Waals surface area (Å²) in [7, 11) is 0. The van der Waals surface area contributed by atoms with Gasteiger partial charge in [-0.05, 0) is 62.8 Å². The zero-order chi connectivity index (χ0) is 21.6. The molecule has 4 heteroatoms. The van der Waals surface area contributed by atoms with E-state index in [0.29, 0.717) is 12.3 Å². The molecule has 0 aromatic heterocycles. The number of esters is 1. The van der Waals surface area contributed by atoms with Crippen LogP contribution in [0, 0.1) is 17.3 Å². The second-order valence-corrected chi connectivity index (χ2v) is 11.0. The largest absolute Gasteiger partial charge is 0.462 e. The van der Waals surface area contributed by atoms with Crippen LogP contribution >= 0.6 is 0 Å². The van der Waals surface area contributed by atoms with Crippen LogP contribution in [0.15, 0.2) is 41.5 Å². The number of carbonyl (C=O) groups excluding carboxylic acids is 1. The van der Waals surface area contributed by atoms with Crippen molar-refractivity contribution in [3.63, 3.8) is 0 Å². The smallest absolute Gasteiger partial charge is 0.310 e. The summed E-state index contributed by atoms with van der Waals surface area (Å²) < 4.78 is 5.95. The van der Waals surface area contributed by atoms with Gasteiger partial charge >= 0.3 is 5.97 Å². The molecule has 1 unspecified atom stereocenters. The van der Waals surface area contributed by atoms with Crippen LogP contribution in [0.5, 0.6) is 0 Å². The van der Waals surface area contributed by atoms with Gasteiger partial charge in [-0.1, -0.05) is 48.4 Å². The van der Waals surface area contributed by atoms with Crippen LogP contribution in [0.25, 0.3) is 0 Å². The van der Waals surface area contributed by atoms with Crippen LogP contribution in [-0.4, -0.2) is 47.3 Å². The van der Waals surface area contributed by atoms with E-state index in [4.69, 9.17) is 4.74 Å². The normalized spacial score (nSPS) is 35.5. The average molecular weight is 424 g/mol. The van der Waals surface area contributed by atoms with Crippen molar-refractivity contribution in [3.8, 4) is 0 Å². The summed E-state index contributed by atoms with van der Waals surface area (Å²) in [6, 6.07) is 10.3. The maximum atomic E-state index is 12.9. The van der Waals surface area contributed by atoms with Gasteiger partial charge in [0.25, 0.3) is 0 Å². The number of fused-ring (bicyclic) bond motifs is 2. The number of likely N-dealkylation sites (tertiary alicyclic amines) is 1. The minimum absolute atomic E-state index is 0.0145. The molecule has 0 amide bonds. The van der Waals surface area contributed by atoms with Crippen LogP contribution in [0.3, 0.4) is 0 Å². The second-order valence-electron chi connectivity index (χ2n) is 11.0. The average Bonchev–Trinajstić information content (AvgIpc) is 3.02. The van der Waals surface area contributed by atoms with Crippen LogP contribution in [-0.2, 0) is 16.0 Å². The van der Waals surface area contributed by atoms with Crippen molar-refractivity contribution in [2.45, 2.75) is 76.9 Å². The number of carbonyl (C=O) groups is 1. The summed E-state index contributed by atoms with van der Waals surface area (Å²) in [6.45, 7) is 7.18. The third kappa shape index (κ3) is 4.09. The van der Waals surface area contributed by atoms with Crippen molar-refractivity contribution in [1.82, 2.24) is 4.90 Å². The predicted molar refractivity (Wildman–Crippen MR) is 122 cm³/mol. The molecule has 2 aliphatic heterocycles. The summed E-state index contributed by atoms with van der Waals surface area (Å²) in [4.78, 5) is 15.3. The Bertz CT molecular complexity index is 854. The van der Waals surface area contributed by atoms with Gasteiger partial charge in [0.1, 0.15) is 6.10 Å². The van der Waals surface area contributed by atoms with Gasteiger partial charge in [-0.3, -0.25) is 4.79 Å². The fourth-order valence-electron chi connectivity index (χ4n) is 6.90. The highest BCUT2D eigenvalue weighted by Gasteiger charge is 2.53. The van der Waals surface area contributed by atoms with Gasteiger partial charge in [0.05, 0.1) is 11.5 Å². The highest BCUT2D eigenvalue weighted by molar-refractivity contribution is 5.76. The van der Waals surface area contributed by atoms with E-state index in [9.17, 15) is 9.90 Å². The van der Waals surface area contributed by atoms with Gasteiger partial charge in [-0.15, -0.1) is 0 Å². The maximum absolute atomic E-state index is 12.9. The molecule has 5 rings (SSSR count). The van der Waals surface area contributed by atoms with Crippen molar-refractivity contribution in [2.24, 2.45) is 17.3 Å². The van der Waals surface area contributed by atoms with Gasteiger partial charge in [-0.25, -0.2) is 0 Å². The van der Waals surface area contributed by atoms with Crippen molar-refractivity contribution >= 4 is 5.97 Å². The Morgan fingerprint density at radius 1 is 1.16 bits per heavy atom. The molecule has 1 aromatic rings. The maximum Gasteiger partial charge on any atom is 0.310 e. The van der Waals surface area contributed by atoms with E-state index >= 15 is 0 Å². The topological polar surface area (TPSA) is 49.8 Å². The number of ether oxygens (including phenoxy) is 1. The van der Waals surface area contributed by atoms with E-state index in [1.807, 2.05) is 18.2 Å². The number of aliphatic hydroxyl groups is 1. The summed E-state index contributed by atoms with van der Waals surface area (Å²) in [6.07, 6.45) is 8.09. The molecule has 2 saturated heterocycles. The van der Waals surface area contributed by atoms with Gasteiger partial charge in [0.15, 0.2) is 0 Å². The predicted octanol–water partition coefficient (Wildman–Crippen LogP) is 4.51. The van der Waals surface area contributed by atoms with Gasteiger partial charge in [0, 0.05) is 32.0 Å². The third-order valence-corrected chi connectivity index (χ3v) is 8.80. The first-order valence-corrected chi connectivity index (χ1v) is 12.2. The Hall–Kier alpha value is -1.65. The Kier molecular flexibility index (Phi) is 5.50. The Labute approximate surface area is 186 Å². The lowest BCUT2D eigenvalue weighted by Gasteiger charge is -2.46. The van der Waals surface area contributed by atoms with Gasteiger partial charge in [-0.2, -0.15) is 0 Å². The standard InChI is InChI=1S/C27H37NO3/c1-19-7-6-10-26(2)17-24-21(15-23(19)26)22(25(29)31-24)18-28-13-11-27(30,12-14-28)16-20-8-4-3-5-9-20/h3-5,8-9,21-22,24,30H,6-7,10-18H2,1-2H3/t21-,22?,24-,26-/m1/s1. The number of piperidine rings is 1. The summed E-state index contributed by atoms with van der Waals surface area (Å²) in [5.74, 6) is 0.325. The van der Waals surface area contributed by atoms with E-state index in [0.717, 1.165) is 45.3 Å². The first-order chi connectivity index (χ1) is 14.9. The number of allylic oxidation sites excluding steroid dienone is 2. The van der Waals surface area contributed by atoms with E-state index in [1.165, 1.54) is 24.8 Å². The minimum atomic E-state index is -0.632. The lowest BCUT2D eigenvalue weighted by Crippen LogP contribution is -2.48. The quantitative estimate of drug-likeness (QED) is 0.572. The molecule has 2 heterocycles. The molecule has 4 atom stereocenters. The number of nitrogens with zero attached hydrogens (tertiary/aromatic N) is 1. The fraction of sp³-hybridized carbons (Fsp3) is 0.667. The first kappa shape index (κ1) is 21.2. The lowest BCUT2D eigenvalue weighted by molar-refractivity contribution is -0.145. The van der Waals surface area contributed by atoms with Gasteiger partial charge < -0.3 is 14.7 Å². The van der Waals surface area contributed by atoms with Gasteiger partial charge in [0.2, 0.25) is 0 Å². The summed E-state index contributed by atoms with van der Waals surface area (Å²) in [5, 5.41) is 11.1. The van der Waals surface area contributed by atoms with Crippen molar-refractivity contribution < 1.29 is 14.6 Å². The molecule has 31 heavy (non-hydrogen) atoms. The molecule has 2 aliphatic carbocycles. The SMILES string of the molecule is CC1=C2C[C@@H]3C(CN4CCC(O)(Cc5ccccc5)CC4)C(=O)O[C@@H]3C[C@@]2(C)CCC1. The Balaban J connectivity index is 1.22. The molecular weight excluding hydrogens is 386 g/mol. The summed E-state index contributed by atoms with van der Waals surface area (Å²) >= 11 is 0. The van der Waals surface area contributed by atoms with E-state index in [2.05, 4.69) is 30.9 Å². The van der Waals surface area contributed by atoms with Crippen molar-refractivity contribution in [2.75, 3.05) is 19.6 Å². The molecule has 1 aromatic carbocycles. The zero-order valence-corrected chi connectivity index (χ0v) is 19.1. The fourth-order valence-corrected chi connectivity index (χ4v) is 6.90. The van der Waals surface area contributed by atoms with E-state index < -0.39 is 5.60 Å². The number of benzene rings is 1. The summed E-state index contributed by atoms with van der Waals surface area (Å²) in [5.41, 5.74) is 3.99. The molecule has 0 bridgehead atoms. The first-order valence-electron chi connectivity index (χ1n) is 12.2. The molecule has 1 N–H and O–H groups in total. The van der Waals surface area contributed by atoms with Crippen LogP contribution in [0.2, 0.25) is 0 Å². The van der Waals surface area contributed by atoms with E-state index in [1.54, 1.807) is 11.1 Å². The minimum Gasteiger partial charge on any atom is -0.462 e.